The van der Waals surface area contributed by atoms with Crippen molar-refractivity contribution in [3.05, 3.63) is 66.6 Å². The Morgan fingerprint density at radius 1 is 1.14 bits per heavy atom. The van der Waals surface area contributed by atoms with Crippen molar-refractivity contribution in [3.63, 3.8) is 0 Å². The Morgan fingerprint density at radius 2 is 1.89 bits per heavy atom. The van der Waals surface area contributed by atoms with Crippen molar-refractivity contribution < 1.29 is 13.9 Å². The van der Waals surface area contributed by atoms with Gasteiger partial charge in [-0.1, -0.05) is 18.2 Å². The predicted molar refractivity (Wildman–Crippen MR) is 102 cm³/mol. The van der Waals surface area contributed by atoms with Crippen LogP contribution in [0.15, 0.2) is 59.5 Å². The number of carbonyl (C=O) groups is 1. The number of nitrogens with zero attached hydrogens (tertiary/aromatic N) is 4. The Balaban J connectivity index is 1.28. The number of benzene rings is 1. The summed E-state index contributed by atoms with van der Waals surface area (Å²) in [5.41, 5.74) is 0.310. The molecule has 1 amide bonds. The second-order valence-corrected chi connectivity index (χ2v) is 6.51. The van der Waals surface area contributed by atoms with E-state index in [1.807, 2.05) is 30.3 Å². The molecule has 1 aliphatic heterocycles. The largest absolute Gasteiger partial charge is 0.484 e. The van der Waals surface area contributed by atoms with Crippen LogP contribution in [0.1, 0.15) is 29.2 Å². The van der Waals surface area contributed by atoms with Gasteiger partial charge >= 0.3 is 0 Å². The van der Waals surface area contributed by atoms with Crippen LogP contribution < -0.4 is 10.1 Å². The highest BCUT2D eigenvalue weighted by Crippen LogP contribution is 2.17. The molecule has 1 saturated heterocycles. The molecule has 28 heavy (non-hydrogen) atoms. The third-order valence-electron chi connectivity index (χ3n) is 4.56. The molecule has 144 valence electrons. The zero-order valence-corrected chi connectivity index (χ0v) is 15.3. The number of hydrogen-bond acceptors (Lipinski definition) is 7. The Hall–Kier alpha value is -3.42. The van der Waals surface area contributed by atoms with E-state index in [9.17, 15) is 4.79 Å². The highest BCUT2D eigenvalue weighted by atomic mass is 16.5. The fraction of sp³-hybridized carbons (Fsp3) is 0.300. The first-order chi connectivity index (χ1) is 13.8. The Kier molecular flexibility index (Phi) is 5.46. The molecule has 1 aliphatic rings. The van der Waals surface area contributed by atoms with Crippen LogP contribution in [0.4, 0.5) is 5.95 Å². The maximum absolute atomic E-state index is 12.7. The summed E-state index contributed by atoms with van der Waals surface area (Å²) in [6, 6.07) is 11.4. The van der Waals surface area contributed by atoms with Crippen molar-refractivity contribution in [1.82, 2.24) is 19.9 Å². The molecule has 4 rings (SSSR count). The number of amides is 1. The number of ether oxygens (including phenoxy) is 1. The summed E-state index contributed by atoms with van der Waals surface area (Å²) >= 11 is 0. The number of para-hydroxylation sites is 1. The fourth-order valence-corrected chi connectivity index (χ4v) is 3.08. The number of hydrogen-bond donors (Lipinski definition) is 1. The van der Waals surface area contributed by atoms with Gasteiger partial charge < -0.3 is 19.4 Å². The molecule has 0 aliphatic carbocycles. The predicted octanol–water partition coefficient (Wildman–Crippen LogP) is 2.76. The molecule has 3 aromatic rings. The topological polar surface area (TPSA) is 93.4 Å². The van der Waals surface area contributed by atoms with Gasteiger partial charge in [-0.15, -0.1) is 0 Å². The highest BCUT2D eigenvalue weighted by Gasteiger charge is 2.26. The minimum Gasteiger partial charge on any atom is -0.484 e. The first-order valence-electron chi connectivity index (χ1n) is 9.23. The van der Waals surface area contributed by atoms with Gasteiger partial charge in [-0.2, -0.15) is 0 Å². The third kappa shape index (κ3) is 4.46. The summed E-state index contributed by atoms with van der Waals surface area (Å²) < 4.78 is 11.0. The molecule has 8 nitrogen and oxygen atoms in total. The summed E-state index contributed by atoms with van der Waals surface area (Å²) in [7, 11) is 0. The zero-order chi connectivity index (χ0) is 19.2. The molecule has 0 radical (unpaired) electrons. The van der Waals surface area contributed by atoms with Gasteiger partial charge in [0.25, 0.3) is 5.91 Å². The molecule has 2 aromatic heterocycles. The normalized spacial score (nSPS) is 14.6. The molecule has 1 fully saturated rings. The summed E-state index contributed by atoms with van der Waals surface area (Å²) in [5, 5.41) is 3.31. The molecule has 1 N–H and O–H groups in total. The summed E-state index contributed by atoms with van der Waals surface area (Å²) in [6.45, 7) is 1.47. The number of carbonyl (C=O) groups excluding carboxylic acids is 1. The standard InChI is InChI=1S/C20H21N5O3/c26-19(17-13-28-18(24-17)14-27-16-5-2-1-3-6-16)25-11-7-15(8-12-25)23-20-21-9-4-10-22-20/h1-6,9-10,13,15H,7-8,11-12,14H2,(H,21,22,23). The van der Waals surface area contributed by atoms with E-state index in [4.69, 9.17) is 9.15 Å². The lowest BCUT2D eigenvalue weighted by Gasteiger charge is -2.31. The Bertz CT molecular complexity index is 892. The number of likely N-dealkylation sites (tertiary alicyclic amines) is 1. The lowest BCUT2D eigenvalue weighted by atomic mass is 10.0. The smallest absolute Gasteiger partial charge is 0.275 e. The summed E-state index contributed by atoms with van der Waals surface area (Å²) in [5.74, 6) is 1.60. The monoisotopic (exact) mass is 379 g/mol. The van der Waals surface area contributed by atoms with Crippen LogP contribution in [-0.4, -0.2) is 44.9 Å². The van der Waals surface area contributed by atoms with E-state index in [-0.39, 0.29) is 18.6 Å². The Morgan fingerprint density at radius 3 is 2.64 bits per heavy atom. The van der Waals surface area contributed by atoms with Crippen molar-refractivity contribution in [2.45, 2.75) is 25.5 Å². The minimum absolute atomic E-state index is 0.121. The minimum atomic E-state index is -0.121. The van der Waals surface area contributed by atoms with Crippen molar-refractivity contribution in [1.29, 1.82) is 0 Å². The third-order valence-corrected chi connectivity index (χ3v) is 4.56. The van der Waals surface area contributed by atoms with Gasteiger partial charge in [-0.05, 0) is 31.0 Å². The molecule has 0 unspecified atom stereocenters. The molecule has 0 saturated carbocycles. The lowest BCUT2D eigenvalue weighted by Crippen LogP contribution is -2.42. The molecule has 0 bridgehead atoms. The number of piperidine rings is 1. The first kappa shape index (κ1) is 18.0. The fourth-order valence-electron chi connectivity index (χ4n) is 3.08. The van der Waals surface area contributed by atoms with Crippen LogP contribution in [0, 0.1) is 0 Å². The van der Waals surface area contributed by atoms with Crippen LogP contribution >= 0.6 is 0 Å². The second-order valence-electron chi connectivity index (χ2n) is 6.51. The van der Waals surface area contributed by atoms with E-state index < -0.39 is 0 Å². The molecule has 0 spiro atoms. The number of nitrogens with one attached hydrogen (secondary N) is 1. The quantitative estimate of drug-likeness (QED) is 0.704. The van der Waals surface area contributed by atoms with Crippen molar-refractivity contribution in [3.8, 4) is 5.75 Å². The molecule has 0 atom stereocenters. The van der Waals surface area contributed by atoms with Crippen molar-refractivity contribution >= 4 is 11.9 Å². The van der Waals surface area contributed by atoms with E-state index >= 15 is 0 Å². The van der Waals surface area contributed by atoms with E-state index in [0.29, 0.717) is 30.6 Å². The van der Waals surface area contributed by atoms with Gasteiger partial charge in [-0.25, -0.2) is 15.0 Å². The van der Waals surface area contributed by atoms with Gasteiger partial charge in [-0.3, -0.25) is 4.79 Å². The van der Waals surface area contributed by atoms with Gasteiger partial charge in [0.2, 0.25) is 11.8 Å². The van der Waals surface area contributed by atoms with Gasteiger partial charge in [0.05, 0.1) is 0 Å². The SMILES string of the molecule is O=C(c1coc(COc2ccccc2)n1)N1CCC(Nc2ncccn2)CC1. The molecular formula is C20H21N5O3. The molecule has 1 aromatic carbocycles. The lowest BCUT2D eigenvalue weighted by molar-refractivity contribution is 0.0712. The maximum Gasteiger partial charge on any atom is 0.275 e. The number of aromatic nitrogens is 3. The van der Waals surface area contributed by atoms with Crippen LogP contribution in [0.2, 0.25) is 0 Å². The van der Waals surface area contributed by atoms with Crippen LogP contribution in [0.25, 0.3) is 0 Å². The average molecular weight is 379 g/mol. The van der Waals surface area contributed by atoms with Gasteiger partial charge in [0, 0.05) is 31.5 Å². The van der Waals surface area contributed by atoms with Crippen molar-refractivity contribution in [2.24, 2.45) is 0 Å². The van der Waals surface area contributed by atoms with Crippen LogP contribution in [-0.2, 0) is 6.61 Å². The van der Waals surface area contributed by atoms with Crippen LogP contribution in [0.3, 0.4) is 0 Å². The van der Waals surface area contributed by atoms with E-state index in [1.54, 1.807) is 23.4 Å². The van der Waals surface area contributed by atoms with E-state index in [0.717, 1.165) is 18.6 Å². The second kappa shape index (κ2) is 8.51. The number of anilines is 1. The highest BCUT2D eigenvalue weighted by molar-refractivity contribution is 5.92. The van der Waals surface area contributed by atoms with Gasteiger partial charge in [0.15, 0.2) is 12.3 Å². The number of rotatable bonds is 6. The Labute approximate surface area is 162 Å². The molecule has 3 heterocycles. The molecule has 8 heteroatoms. The number of oxazole rings is 1. The van der Waals surface area contributed by atoms with E-state index in [1.165, 1.54) is 6.26 Å². The summed E-state index contributed by atoms with van der Waals surface area (Å²) in [4.78, 5) is 27.1. The van der Waals surface area contributed by atoms with Crippen molar-refractivity contribution in [2.75, 3.05) is 18.4 Å². The summed E-state index contributed by atoms with van der Waals surface area (Å²) in [6.07, 6.45) is 6.46. The average Bonchev–Trinajstić information content (AvgIpc) is 3.23. The van der Waals surface area contributed by atoms with Gasteiger partial charge in [0.1, 0.15) is 12.0 Å². The zero-order valence-electron chi connectivity index (χ0n) is 15.3. The first-order valence-corrected chi connectivity index (χ1v) is 9.23. The maximum atomic E-state index is 12.7. The molecular weight excluding hydrogens is 358 g/mol. The van der Waals surface area contributed by atoms with E-state index in [2.05, 4.69) is 20.3 Å². The van der Waals surface area contributed by atoms with Crippen LogP contribution in [0.5, 0.6) is 5.75 Å².